The number of H-pyrrole nitrogens is 3. The molecule has 1 saturated heterocycles. The van der Waals surface area contributed by atoms with Crippen LogP contribution in [0.3, 0.4) is 0 Å². The Bertz CT molecular complexity index is 5740. The fourth-order valence-corrected chi connectivity index (χ4v) is 15.7. The van der Waals surface area contributed by atoms with E-state index in [4.69, 9.17) is 5.73 Å². The Labute approximate surface area is 783 Å². The van der Waals surface area contributed by atoms with Crippen LogP contribution in [0.25, 0.3) is 21.8 Å². The molecule has 0 radical (unpaired) electrons. The number of nitrogens with one attached hydrogen (secondary N) is 17. The molecule has 16 atom stereocenters. The number of aromatic amines is 3. The molecule has 26 N–H and O–H groups in total. The number of carbonyl (C=O) groups excluding carboxylic acids is 15. The highest BCUT2D eigenvalue weighted by Gasteiger charge is 2.41. The van der Waals surface area contributed by atoms with E-state index in [9.17, 15) is 88.5 Å². The Morgan fingerprint density at radius 2 is 0.757 bits per heavy atom. The summed E-state index contributed by atoms with van der Waals surface area (Å²) in [6, 6.07) is 11.5. The number of phenolic OH excluding ortho intramolecular Hbond substituents is 4. The number of thioether (sulfide) groups is 1. The minimum atomic E-state index is -2.03. The Hall–Kier alpha value is -15.4. The lowest BCUT2D eigenvalue weighted by atomic mass is 9.96. The summed E-state index contributed by atoms with van der Waals surface area (Å²) in [5.41, 5.74) is 9.17. The highest BCUT2D eigenvalue weighted by molar-refractivity contribution is 8.00. The van der Waals surface area contributed by atoms with Crippen LogP contribution >= 0.6 is 11.8 Å². The maximum Gasteiger partial charge on any atom is 0.303 e. The van der Waals surface area contributed by atoms with Crippen molar-refractivity contribution in [2.45, 2.75) is 190 Å². The number of nitrogens with zero attached hydrogens (tertiary/aromatic N) is 1. The van der Waals surface area contributed by atoms with Gasteiger partial charge in [-0.3, -0.25) is 76.7 Å². The maximum atomic E-state index is 15.6. The van der Waals surface area contributed by atoms with E-state index in [0.29, 0.717) is 49.6 Å². The molecule has 0 unspecified atom stereocenters. The van der Waals surface area contributed by atoms with E-state index in [-0.39, 0.29) is 59.9 Å². The van der Waals surface area contributed by atoms with Gasteiger partial charge >= 0.3 is 5.97 Å². The van der Waals surface area contributed by atoms with Crippen LogP contribution in [-0.4, -0.2) is 259 Å². The molecule has 0 aliphatic carbocycles. The number of nitrogens with two attached hydrogens (primary N) is 1. The molecule has 0 spiro atoms. The largest absolute Gasteiger partial charge is 0.508 e. The first-order valence-corrected chi connectivity index (χ1v) is 44.9. The average Bonchev–Trinajstić information content (AvgIpc) is 1.66. The Balaban J connectivity index is 1.02. The second-order valence-electron chi connectivity index (χ2n) is 33.1. The number of hydrogen-bond donors (Lipinski definition) is 25. The third-order valence-corrected chi connectivity index (χ3v) is 23.8. The van der Waals surface area contributed by atoms with Gasteiger partial charge in [-0.05, 0) is 127 Å². The van der Waals surface area contributed by atoms with Crippen LogP contribution in [-0.2, 0) is 122 Å². The van der Waals surface area contributed by atoms with Crippen LogP contribution in [0.1, 0.15) is 93.0 Å². The molecule has 3 aromatic heterocycles. The van der Waals surface area contributed by atoms with Gasteiger partial charge in [-0.1, -0.05) is 105 Å². The SMILES string of the molecule is CC[C@H](C)[C@@H]1NC(=O)[C@H](C)NC(=O)[C@@H](Cc2ccc(O)cc2)NC(=O)CSC[C@@H](C(N)=O)NC(=O)[C@H](CO)NC(=O)[C@H](Cc2c[nH]cn2)NC(=O)[C@H](CCC(=O)O)NC(=O)[C@H](Cc2c[nH]c3ccccc23)NC(=O)[C@H](Cc2c[nH]c3ccccc23)NC(=O)[C@H]([C@@H](C)O)NC(=O)[C@H](Cc2ccc(O)cc2)NC(=O)[C@H](Cc2ccc(O)cc2)NC(=O)[C@H](C)NC(=O)[C@H](Cc2ccc(O)cc2)NC1=O. The van der Waals surface area contributed by atoms with E-state index in [1.807, 2.05) is 0 Å². The van der Waals surface area contributed by atoms with E-state index < -0.39 is 248 Å². The lowest BCUT2D eigenvalue weighted by molar-refractivity contribution is -0.139. The van der Waals surface area contributed by atoms with Crippen molar-refractivity contribution in [3.8, 4) is 23.0 Å². The first-order chi connectivity index (χ1) is 64.9. The van der Waals surface area contributed by atoms with Crippen molar-refractivity contribution in [1.29, 1.82) is 0 Å². The molecule has 136 heavy (non-hydrogen) atoms. The Morgan fingerprint density at radius 3 is 1.16 bits per heavy atom. The predicted octanol–water partition coefficient (Wildman–Crippen LogP) is -1.46. The molecule has 10 rings (SSSR count). The minimum Gasteiger partial charge on any atom is -0.508 e. The highest BCUT2D eigenvalue weighted by atomic mass is 32.2. The summed E-state index contributed by atoms with van der Waals surface area (Å²) in [5, 5.41) is 111. The molecule has 43 heteroatoms. The molecule has 1 fully saturated rings. The van der Waals surface area contributed by atoms with Gasteiger partial charge in [0.05, 0.1) is 30.5 Å². The number of primary amides is 1. The summed E-state index contributed by atoms with van der Waals surface area (Å²) in [6.07, 6.45) is -0.219. The number of carbonyl (C=O) groups is 16. The van der Waals surface area contributed by atoms with Gasteiger partial charge in [-0.2, -0.15) is 0 Å². The lowest BCUT2D eigenvalue weighted by Crippen LogP contribution is -2.63. The first kappa shape index (κ1) is 103. The number of aromatic nitrogens is 4. The van der Waals surface area contributed by atoms with Crippen LogP contribution in [0.15, 0.2) is 171 Å². The van der Waals surface area contributed by atoms with Crippen LogP contribution < -0.4 is 80.2 Å². The number of fused-ring (bicyclic) bond motifs is 2. The molecule has 4 heterocycles. The fraction of sp³-hybridized carbons (Fsp3) is 0.366. The van der Waals surface area contributed by atoms with Gasteiger partial charge in [0.1, 0.15) is 108 Å². The van der Waals surface area contributed by atoms with Gasteiger partial charge < -0.3 is 131 Å². The quantitative estimate of drug-likeness (QED) is 0.0369. The summed E-state index contributed by atoms with van der Waals surface area (Å²) in [6.45, 7) is 5.77. The average molecular weight is 1900 g/mol. The van der Waals surface area contributed by atoms with Crippen LogP contribution in [0.5, 0.6) is 23.0 Å². The molecule has 15 amide bonds. The summed E-state index contributed by atoms with van der Waals surface area (Å²) in [5.74, 6) is -20.2. The topological polar surface area (TPSA) is 669 Å². The van der Waals surface area contributed by atoms with Crippen molar-refractivity contribution in [1.82, 2.24) is 94.4 Å². The number of para-hydroxylation sites is 2. The summed E-state index contributed by atoms with van der Waals surface area (Å²) >= 11 is 0.720. The van der Waals surface area contributed by atoms with Gasteiger partial charge in [-0.25, -0.2) is 4.98 Å². The van der Waals surface area contributed by atoms with Crippen molar-refractivity contribution >= 4 is 128 Å². The van der Waals surface area contributed by atoms with Crippen molar-refractivity contribution in [2.75, 3.05) is 18.1 Å². The maximum absolute atomic E-state index is 15.6. The van der Waals surface area contributed by atoms with Crippen molar-refractivity contribution in [2.24, 2.45) is 11.7 Å². The van der Waals surface area contributed by atoms with Crippen molar-refractivity contribution in [3.63, 3.8) is 0 Å². The number of aromatic hydroxyl groups is 4. The normalized spacial score (nSPS) is 23.4. The third kappa shape index (κ3) is 29.8. The molecule has 42 nitrogen and oxygen atoms in total. The number of hydrogen-bond acceptors (Lipinski definition) is 24. The minimum absolute atomic E-state index is 0.110. The number of aliphatic carboxylic acids is 1. The monoisotopic (exact) mass is 1890 g/mol. The van der Waals surface area contributed by atoms with Gasteiger partial charge in [0.15, 0.2) is 0 Å². The molecule has 1 aliphatic heterocycles. The zero-order valence-corrected chi connectivity index (χ0v) is 75.5. The molecular weight excluding hydrogens is 1780 g/mol. The van der Waals surface area contributed by atoms with Crippen molar-refractivity contribution in [3.05, 3.63) is 210 Å². The molecule has 0 bridgehead atoms. The smallest absolute Gasteiger partial charge is 0.303 e. The molecule has 722 valence electrons. The zero-order valence-electron chi connectivity index (χ0n) is 74.7. The summed E-state index contributed by atoms with van der Waals surface area (Å²) < 4.78 is 0. The van der Waals surface area contributed by atoms with E-state index in [0.717, 1.165) is 18.7 Å². The highest BCUT2D eigenvalue weighted by Crippen LogP contribution is 2.25. The number of aliphatic hydroxyl groups is 2. The molecule has 0 saturated carbocycles. The van der Waals surface area contributed by atoms with E-state index in [1.54, 1.807) is 68.6 Å². The number of phenols is 4. The Morgan fingerprint density at radius 1 is 0.412 bits per heavy atom. The van der Waals surface area contributed by atoms with Crippen LogP contribution in [0, 0.1) is 5.92 Å². The zero-order chi connectivity index (χ0) is 98.6. The molecule has 6 aromatic carbocycles. The van der Waals surface area contributed by atoms with Gasteiger partial charge in [0.2, 0.25) is 88.6 Å². The number of rotatable bonds is 22. The number of carboxylic acid groups (broad SMARTS) is 1. The second-order valence-corrected chi connectivity index (χ2v) is 34.2. The van der Waals surface area contributed by atoms with E-state index in [2.05, 4.69) is 94.4 Å². The lowest BCUT2D eigenvalue weighted by Gasteiger charge is -2.29. The number of amides is 15. The summed E-state index contributed by atoms with van der Waals surface area (Å²) in [4.78, 5) is 247. The van der Waals surface area contributed by atoms with Crippen molar-refractivity contribution < 1.29 is 112 Å². The second kappa shape index (κ2) is 48.8. The number of carboxylic acids is 1. The third-order valence-electron chi connectivity index (χ3n) is 22.8. The van der Waals surface area contributed by atoms with Gasteiger partial charge in [0.25, 0.3) is 0 Å². The fourth-order valence-electron chi connectivity index (χ4n) is 14.9. The molecular formula is C93H111N19O23S. The van der Waals surface area contributed by atoms with E-state index >= 15 is 24.0 Å². The van der Waals surface area contributed by atoms with Crippen LogP contribution in [0.4, 0.5) is 0 Å². The first-order valence-electron chi connectivity index (χ1n) is 43.7. The number of benzene rings is 6. The number of imidazole rings is 1. The van der Waals surface area contributed by atoms with Gasteiger partial charge in [-0.15, -0.1) is 11.8 Å². The van der Waals surface area contributed by atoms with Gasteiger partial charge in [0, 0.05) is 97.5 Å². The summed E-state index contributed by atoms with van der Waals surface area (Å²) in [7, 11) is 0. The number of aliphatic hydroxyl groups excluding tert-OH is 2. The predicted molar refractivity (Wildman–Crippen MR) is 494 cm³/mol. The standard InChI is InChI=1S/C93H111N19O23S/c1-6-47(2)78-92(134)107-68(34-52-17-25-59(116)26-18-52)85(127)99-48(3)81(123)103-69(35-53-19-27-60(117)28-20-53)86(128)104-70(36-54-21-29-61(118)30-22-54)90(132)112-79(50(5)114)93(135)108-72(38-56-41-97-65-14-10-8-12-63(56)65)88(130)105-71(37-55-40-96-64-13-9-7-11-62(55)64)87(129)102-66(31-32-77(120)121)83(125)106-73(39-57-42-95-46-98-57)89(131)109-74(43-113)91(133)110-75(80(94)122)44-136-45-76(119)101-67(33-51-15-23-58(115)24-16-51)84(126)100-49(4)82(124)111-78/h7-30,40-42,46-50,66-75,78-79,96-97,113-118H,6,31-39,43-45H2,1-5H3,(H2,94,122)(H,95,98)(H,99,127)(H,100,126)(H,101,119)(H,102,129)(H,103,123)(H,104,128)(H,105,130)(H,106,125)(H,107,134)(H,108,135)(H,109,131)(H,110,133)(H,111,124)(H,112,132)(H,120,121)/t47-,48-,49-,50+,66-,67+,68-,69-,70-,71-,72-,73-,74-,75-,78-,79-/m0/s1. The molecule has 1 aliphatic rings. The van der Waals surface area contributed by atoms with Crippen LogP contribution in [0.2, 0.25) is 0 Å². The molecule has 9 aromatic rings. The Kier molecular flexibility index (Phi) is 36.9. The van der Waals surface area contributed by atoms with E-state index in [1.165, 1.54) is 130 Å².